The lowest BCUT2D eigenvalue weighted by Crippen LogP contribution is -2.20. The van der Waals surface area contributed by atoms with E-state index < -0.39 is 0 Å². The molecular formula is C25H34N2OS. The van der Waals surface area contributed by atoms with Crippen molar-refractivity contribution < 1.29 is 4.74 Å². The molecule has 1 atom stereocenters. The van der Waals surface area contributed by atoms with Crippen LogP contribution in [0, 0.1) is 6.92 Å². The summed E-state index contributed by atoms with van der Waals surface area (Å²) < 4.78 is 9.15. The first-order valence-electron chi connectivity index (χ1n) is 10.00. The Morgan fingerprint density at radius 3 is 2.24 bits per heavy atom. The van der Waals surface area contributed by atoms with Gasteiger partial charge < -0.3 is 4.74 Å². The minimum Gasteiger partial charge on any atom is -0.443 e. The number of benzene rings is 2. The van der Waals surface area contributed by atoms with Gasteiger partial charge in [-0.2, -0.15) is 0 Å². The smallest absolute Gasteiger partial charge is 0.191 e. The van der Waals surface area contributed by atoms with E-state index in [2.05, 4.69) is 75.2 Å². The van der Waals surface area contributed by atoms with Gasteiger partial charge in [-0.05, 0) is 68.1 Å². The van der Waals surface area contributed by atoms with Crippen LogP contribution in [0.1, 0.15) is 52.2 Å². The van der Waals surface area contributed by atoms with Gasteiger partial charge in [0, 0.05) is 24.1 Å². The molecule has 0 saturated carbocycles. The van der Waals surface area contributed by atoms with Gasteiger partial charge in [-0.25, -0.2) is 4.99 Å². The van der Waals surface area contributed by atoms with E-state index in [1.54, 1.807) is 11.9 Å². The highest BCUT2D eigenvalue weighted by Crippen LogP contribution is 2.18. The molecule has 0 amide bonds. The summed E-state index contributed by atoms with van der Waals surface area (Å²) in [5, 5.41) is 0. The van der Waals surface area contributed by atoms with Gasteiger partial charge in [0.05, 0.1) is 0 Å². The minimum absolute atomic E-state index is 0.190. The van der Waals surface area contributed by atoms with Crippen molar-refractivity contribution in [2.45, 2.75) is 58.9 Å². The Kier molecular flexibility index (Phi) is 11.8. The average Bonchev–Trinajstić information content (AvgIpc) is 2.73. The summed E-state index contributed by atoms with van der Waals surface area (Å²) in [6.45, 7) is 16.1. The lowest BCUT2D eigenvalue weighted by Gasteiger charge is -2.13. The fraction of sp³-hybridized carbons (Fsp3) is 0.320. The number of nitrogens with one attached hydrogen (secondary N) is 1. The van der Waals surface area contributed by atoms with E-state index in [1.807, 2.05) is 43.5 Å². The molecule has 2 rings (SSSR count). The van der Waals surface area contributed by atoms with Crippen LogP contribution in [0.4, 0.5) is 0 Å². The van der Waals surface area contributed by atoms with Gasteiger partial charge in [-0.1, -0.05) is 62.8 Å². The maximum Gasteiger partial charge on any atom is 0.191 e. The van der Waals surface area contributed by atoms with Crippen molar-refractivity contribution in [2.75, 3.05) is 0 Å². The number of hydrogen-bond donors (Lipinski definition) is 1. The molecule has 0 spiro atoms. The zero-order valence-corrected chi connectivity index (χ0v) is 19.3. The van der Waals surface area contributed by atoms with Crippen LogP contribution < -0.4 is 9.46 Å². The second-order valence-electron chi connectivity index (χ2n) is 6.86. The minimum atomic E-state index is 0.190. The van der Waals surface area contributed by atoms with Crippen molar-refractivity contribution in [3.8, 4) is 5.75 Å². The standard InChI is InChI=1S/C22H26N2OS.C3H8/c1-6-20-9-13-22(14-10-20)26-24-18(4)17(3)15-23-19(5)25-21-11-7-16(2)8-12-21;1-3-2/h6-15,18,24H,1H2,2-5H3;3H2,1-2H3/b17-15+,23-19?;. The zero-order valence-electron chi connectivity index (χ0n) is 18.5. The molecule has 2 aromatic rings. The molecular weight excluding hydrogens is 376 g/mol. The fourth-order valence-electron chi connectivity index (χ4n) is 2.03. The highest BCUT2D eigenvalue weighted by molar-refractivity contribution is 7.97. The summed E-state index contributed by atoms with van der Waals surface area (Å²) in [7, 11) is 0. The van der Waals surface area contributed by atoms with Crippen LogP contribution >= 0.6 is 11.9 Å². The van der Waals surface area contributed by atoms with Crippen molar-refractivity contribution >= 4 is 23.9 Å². The monoisotopic (exact) mass is 410 g/mol. The van der Waals surface area contributed by atoms with E-state index in [0.717, 1.165) is 21.8 Å². The highest BCUT2D eigenvalue weighted by atomic mass is 32.2. The molecule has 0 fully saturated rings. The van der Waals surface area contributed by atoms with Gasteiger partial charge >= 0.3 is 0 Å². The Balaban J connectivity index is 0.00000132. The molecule has 1 unspecified atom stereocenters. The molecule has 0 aliphatic heterocycles. The average molecular weight is 411 g/mol. The summed E-state index contributed by atoms with van der Waals surface area (Å²) in [5.41, 5.74) is 3.46. The van der Waals surface area contributed by atoms with Gasteiger partial charge in [-0.3, -0.25) is 4.72 Å². The highest BCUT2D eigenvalue weighted by Gasteiger charge is 2.04. The third kappa shape index (κ3) is 10.2. The number of rotatable bonds is 7. The Hall–Kier alpha value is -2.30. The van der Waals surface area contributed by atoms with Gasteiger partial charge in [-0.15, -0.1) is 0 Å². The van der Waals surface area contributed by atoms with Gasteiger partial charge in [0.15, 0.2) is 5.90 Å². The van der Waals surface area contributed by atoms with E-state index >= 15 is 0 Å². The second-order valence-corrected chi connectivity index (χ2v) is 7.77. The van der Waals surface area contributed by atoms with Gasteiger partial charge in [0.1, 0.15) is 5.75 Å². The number of ether oxygens (including phenoxy) is 1. The number of nitrogens with zero attached hydrogens (tertiary/aromatic N) is 1. The number of aliphatic imine (C=N–C) groups is 1. The van der Waals surface area contributed by atoms with Crippen molar-refractivity contribution in [3.05, 3.63) is 78.0 Å². The van der Waals surface area contributed by atoms with Crippen LogP contribution in [-0.4, -0.2) is 11.9 Å². The van der Waals surface area contributed by atoms with E-state index in [1.165, 1.54) is 12.0 Å². The molecule has 3 nitrogen and oxygen atoms in total. The van der Waals surface area contributed by atoms with Crippen LogP contribution in [0.15, 0.2) is 76.8 Å². The molecule has 1 N–H and O–H groups in total. The molecule has 0 aromatic heterocycles. The number of aryl methyl sites for hydroxylation is 1. The van der Waals surface area contributed by atoms with Gasteiger partial charge in [0.25, 0.3) is 0 Å². The van der Waals surface area contributed by atoms with Crippen molar-refractivity contribution in [3.63, 3.8) is 0 Å². The Morgan fingerprint density at radius 2 is 1.69 bits per heavy atom. The summed E-state index contributed by atoms with van der Waals surface area (Å²) in [6.07, 6.45) is 4.94. The maximum atomic E-state index is 5.72. The molecule has 156 valence electrons. The Labute approximate surface area is 181 Å². The molecule has 0 radical (unpaired) electrons. The molecule has 0 heterocycles. The molecule has 0 saturated heterocycles. The van der Waals surface area contributed by atoms with E-state index in [0.29, 0.717) is 5.90 Å². The molecule has 0 aliphatic rings. The normalized spacial score (nSPS) is 12.6. The zero-order chi connectivity index (χ0) is 21.6. The summed E-state index contributed by atoms with van der Waals surface area (Å²) in [4.78, 5) is 5.58. The lowest BCUT2D eigenvalue weighted by molar-refractivity contribution is 0.546. The molecule has 2 aromatic carbocycles. The molecule has 0 bridgehead atoms. The largest absolute Gasteiger partial charge is 0.443 e. The van der Waals surface area contributed by atoms with E-state index in [-0.39, 0.29) is 6.04 Å². The number of hydrogen-bond acceptors (Lipinski definition) is 4. The first kappa shape index (κ1) is 24.7. The quantitative estimate of drug-likeness (QED) is 0.292. The van der Waals surface area contributed by atoms with Crippen LogP contribution in [0.25, 0.3) is 6.08 Å². The lowest BCUT2D eigenvalue weighted by atomic mass is 10.2. The summed E-state index contributed by atoms with van der Waals surface area (Å²) in [6, 6.07) is 16.4. The molecule has 0 aliphatic carbocycles. The third-order valence-corrected chi connectivity index (χ3v) is 4.87. The summed E-state index contributed by atoms with van der Waals surface area (Å²) in [5.74, 6) is 1.42. The van der Waals surface area contributed by atoms with Crippen LogP contribution in [-0.2, 0) is 0 Å². The topological polar surface area (TPSA) is 33.6 Å². The van der Waals surface area contributed by atoms with Crippen molar-refractivity contribution in [1.29, 1.82) is 0 Å². The predicted molar refractivity (Wildman–Crippen MR) is 130 cm³/mol. The maximum absolute atomic E-state index is 5.72. The predicted octanol–water partition coefficient (Wildman–Crippen LogP) is 7.44. The van der Waals surface area contributed by atoms with E-state index in [4.69, 9.17) is 4.74 Å². The first-order chi connectivity index (χ1) is 13.9. The van der Waals surface area contributed by atoms with E-state index in [9.17, 15) is 0 Å². The van der Waals surface area contributed by atoms with Crippen LogP contribution in [0.3, 0.4) is 0 Å². The molecule has 29 heavy (non-hydrogen) atoms. The SMILES string of the molecule is C=Cc1ccc(SNC(C)/C(C)=C/N=C(C)Oc2ccc(C)cc2)cc1.CCC. The van der Waals surface area contributed by atoms with Crippen LogP contribution in [0.5, 0.6) is 5.75 Å². The van der Waals surface area contributed by atoms with Gasteiger partial charge in [0.2, 0.25) is 0 Å². The summed E-state index contributed by atoms with van der Waals surface area (Å²) >= 11 is 1.61. The fourth-order valence-corrected chi connectivity index (χ4v) is 2.80. The first-order valence-corrected chi connectivity index (χ1v) is 10.8. The third-order valence-electron chi connectivity index (χ3n) is 3.89. The van der Waals surface area contributed by atoms with Crippen molar-refractivity contribution in [2.24, 2.45) is 4.99 Å². The van der Waals surface area contributed by atoms with Crippen molar-refractivity contribution in [1.82, 2.24) is 4.72 Å². The Bertz CT molecular complexity index is 793. The van der Waals surface area contributed by atoms with Crippen LogP contribution in [0.2, 0.25) is 0 Å². The second kappa shape index (κ2) is 13.8. The Morgan fingerprint density at radius 1 is 1.10 bits per heavy atom. The molecule has 4 heteroatoms.